The molecule has 1 rings (SSSR count). The van der Waals surface area contributed by atoms with Crippen LogP contribution < -0.4 is 11.5 Å². The molecule has 1 aliphatic carbocycles. The van der Waals surface area contributed by atoms with Gasteiger partial charge in [-0.3, -0.25) is 0 Å². The van der Waals surface area contributed by atoms with E-state index in [0.717, 1.165) is 12.8 Å². The molecule has 43 valence electrons. The van der Waals surface area contributed by atoms with Gasteiger partial charge in [0.05, 0.1) is 0 Å². The van der Waals surface area contributed by atoms with E-state index < -0.39 is 0 Å². The highest BCUT2D eigenvalue weighted by atomic mass is 14.8. The van der Waals surface area contributed by atoms with Crippen molar-refractivity contribution in [3.63, 3.8) is 0 Å². The minimum absolute atomic E-state index is 0. The third kappa shape index (κ3) is 0.924. The van der Waals surface area contributed by atoms with Gasteiger partial charge in [0, 0.05) is 13.5 Å². The maximum atomic E-state index is 5.55. The van der Waals surface area contributed by atoms with Gasteiger partial charge in [-0.2, -0.15) is 0 Å². The first kappa shape index (κ1) is 5.06. The first-order valence-electron chi connectivity index (χ1n) is 2.82. The first-order chi connectivity index (χ1) is 3.30. The van der Waals surface area contributed by atoms with Gasteiger partial charge in [-0.05, 0) is 12.8 Å². The summed E-state index contributed by atoms with van der Waals surface area (Å²) in [4.78, 5) is 0. The van der Waals surface area contributed by atoms with Gasteiger partial charge in [0.25, 0.3) is 0 Å². The molecule has 2 nitrogen and oxygen atoms in total. The predicted octanol–water partition coefficient (Wildman–Crippen LogP) is -0.0626. The SMILES string of the molecule is N[C@@H]1CCC[C@@H]1N.[H]. The molecule has 0 aliphatic heterocycles. The Hall–Kier alpha value is -0.0800. The van der Waals surface area contributed by atoms with Crippen molar-refractivity contribution < 1.29 is 1.43 Å². The minimum atomic E-state index is 0. The maximum Gasteiger partial charge on any atom is 0.0192 e. The van der Waals surface area contributed by atoms with Crippen LogP contribution in [0.5, 0.6) is 0 Å². The Bertz CT molecular complexity index is 59.4. The molecule has 0 unspecified atom stereocenters. The third-order valence-corrected chi connectivity index (χ3v) is 1.62. The molecule has 2 atom stereocenters. The second-order valence-electron chi connectivity index (χ2n) is 2.26. The lowest BCUT2D eigenvalue weighted by Gasteiger charge is -2.05. The summed E-state index contributed by atoms with van der Waals surface area (Å²) in [6.07, 6.45) is 3.48. The monoisotopic (exact) mass is 101 g/mol. The van der Waals surface area contributed by atoms with E-state index in [1.807, 2.05) is 0 Å². The quantitative estimate of drug-likeness (QED) is 0.449. The fraction of sp³-hybridized carbons (Fsp3) is 1.00. The standard InChI is InChI=1S/C5H12N2.H/c6-4-2-1-3-5(4)7;/h4-5H,1-3,6-7H2;/t4-,5+;. The molecular weight excluding hydrogens is 88.1 g/mol. The molecule has 4 N–H and O–H groups in total. The number of hydrogen-bond donors (Lipinski definition) is 2. The smallest absolute Gasteiger partial charge is 0.0192 e. The molecule has 0 saturated heterocycles. The number of nitrogens with two attached hydrogens (primary N) is 2. The van der Waals surface area contributed by atoms with Crippen molar-refractivity contribution >= 4 is 0 Å². The Morgan fingerprint density at radius 3 is 1.71 bits per heavy atom. The lowest BCUT2D eigenvalue weighted by molar-refractivity contribution is 0.603. The molecule has 0 aromatic heterocycles. The van der Waals surface area contributed by atoms with Crippen molar-refractivity contribution in [3.8, 4) is 0 Å². The highest BCUT2D eigenvalue weighted by Gasteiger charge is 2.18. The molecule has 1 saturated carbocycles. The van der Waals surface area contributed by atoms with E-state index in [4.69, 9.17) is 11.5 Å². The zero-order valence-corrected chi connectivity index (χ0v) is 4.43. The maximum absolute atomic E-state index is 5.55. The van der Waals surface area contributed by atoms with E-state index in [2.05, 4.69) is 0 Å². The fourth-order valence-corrected chi connectivity index (χ4v) is 1.02. The Balaban J connectivity index is 0.000000490. The second-order valence-corrected chi connectivity index (χ2v) is 2.26. The lowest BCUT2D eigenvalue weighted by Crippen LogP contribution is -2.35. The fourth-order valence-electron chi connectivity index (χ4n) is 1.02. The van der Waals surface area contributed by atoms with E-state index in [1.165, 1.54) is 6.42 Å². The van der Waals surface area contributed by atoms with E-state index in [9.17, 15) is 0 Å². The normalized spacial score (nSPS) is 42.0. The number of rotatable bonds is 0. The van der Waals surface area contributed by atoms with Gasteiger partial charge >= 0.3 is 0 Å². The van der Waals surface area contributed by atoms with Crippen LogP contribution in [-0.2, 0) is 0 Å². The van der Waals surface area contributed by atoms with Crippen molar-refractivity contribution in [1.82, 2.24) is 0 Å². The van der Waals surface area contributed by atoms with Crippen LogP contribution >= 0.6 is 0 Å². The molecule has 2 heteroatoms. The second kappa shape index (κ2) is 1.80. The van der Waals surface area contributed by atoms with Crippen LogP contribution in [0.4, 0.5) is 0 Å². The molecular formula is C5H13N2. The lowest BCUT2D eigenvalue weighted by atomic mass is 10.2. The molecule has 1 fully saturated rings. The molecule has 0 bridgehead atoms. The van der Waals surface area contributed by atoms with Crippen LogP contribution in [0.3, 0.4) is 0 Å². The molecule has 0 aromatic rings. The zero-order valence-electron chi connectivity index (χ0n) is 5.43. The molecule has 0 amide bonds. The van der Waals surface area contributed by atoms with Crippen LogP contribution in [0.15, 0.2) is 0 Å². The highest BCUT2D eigenvalue weighted by Crippen LogP contribution is 2.13. The van der Waals surface area contributed by atoms with Gasteiger partial charge < -0.3 is 11.5 Å². The minimum Gasteiger partial charge on any atom is -0.326 e. The summed E-state index contributed by atoms with van der Waals surface area (Å²) in [6, 6.07) is 0.583. The zero-order chi connectivity index (χ0) is 5.28. The van der Waals surface area contributed by atoms with Crippen LogP contribution in [0.2, 0.25) is 0 Å². The average molecular weight is 101 g/mol. The molecule has 0 aromatic carbocycles. The summed E-state index contributed by atoms with van der Waals surface area (Å²) in [5.41, 5.74) is 11.1. The summed E-state index contributed by atoms with van der Waals surface area (Å²) >= 11 is 0. The molecule has 0 heterocycles. The van der Waals surface area contributed by atoms with E-state index in [-0.39, 0.29) is 1.43 Å². The van der Waals surface area contributed by atoms with Crippen LogP contribution in [0, 0.1) is 0 Å². The Labute approximate surface area is 45.4 Å². The van der Waals surface area contributed by atoms with Crippen molar-refractivity contribution in [2.75, 3.05) is 0 Å². The third-order valence-electron chi connectivity index (χ3n) is 1.62. The van der Waals surface area contributed by atoms with Crippen LogP contribution in [0.1, 0.15) is 20.7 Å². The van der Waals surface area contributed by atoms with Gasteiger partial charge in [0.15, 0.2) is 0 Å². The molecule has 0 spiro atoms. The molecule has 7 heavy (non-hydrogen) atoms. The van der Waals surface area contributed by atoms with Gasteiger partial charge in [-0.15, -0.1) is 0 Å². The van der Waals surface area contributed by atoms with Gasteiger partial charge in [0.2, 0.25) is 0 Å². The summed E-state index contributed by atoms with van der Waals surface area (Å²) in [5.74, 6) is 0. The van der Waals surface area contributed by atoms with Crippen molar-refractivity contribution in [1.29, 1.82) is 0 Å². The predicted molar refractivity (Wildman–Crippen MR) is 30.9 cm³/mol. The summed E-state index contributed by atoms with van der Waals surface area (Å²) in [6.45, 7) is 0. The van der Waals surface area contributed by atoms with E-state index in [0.29, 0.717) is 12.1 Å². The van der Waals surface area contributed by atoms with Gasteiger partial charge in [-0.25, -0.2) is 0 Å². The van der Waals surface area contributed by atoms with Gasteiger partial charge in [0.1, 0.15) is 0 Å². The van der Waals surface area contributed by atoms with Crippen LogP contribution in [-0.4, -0.2) is 12.1 Å². The van der Waals surface area contributed by atoms with Crippen molar-refractivity contribution in [2.45, 2.75) is 31.3 Å². The molecule has 1 radical (unpaired) electrons. The largest absolute Gasteiger partial charge is 0.326 e. The Kier molecular flexibility index (Phi) is 1.30. The van der Waals surface area contributed by atoms with Crippen molar-refractivity contribution in [3.05, 3.63) is 0 Å². The first-order valence-corrected chi connectivity index (χ1v) is 2.82. The highest BCUT2D eigenvalue weighted by molar-refractivity contribution is 4.82. The molecule has 1 aliphatic rings. The van der Waals surface area contributed by atoms with E-state index >= 15 is 0 Å². The topological polar surface area (TPSA) is 52.0 Å². The van der Waals surface area contributed by atoms with E-state index in [1.54, 1.807) is 0 Å². The van der Waals surface area contributed by atoms with Crippen molar-refractivity contribution in [2.24, 2.45) is 11.5 Å². The summed E-state index contributed by atoms with van der Waals surface area (Å²) in [7, 11) is 0. The Morgan fingerprint density at radius 1 is 1.14 bits per heavy atom. The summed E-state index contributed by atoms with van der Waals surface area (Å²) < 4.78 is 0. The average Bonchev–Trinajstić information content (AvgIpc) is 1.91. The van der Waals surface area contributed by atoms with Crippen LogP contribution in [0.25, 0.3) is 0 Å². The Morgan fingerprint density at radius 2 is 1.57 bits per heavy atom. The summed E-state index contributed by atoms with van der Waals surface area (Å²) in [5, 5.41) is 0. The van der Waals surface area contributed by atoms with Gasteiger partial charge in [-0.1, -0.05) is 6.42 Å². The number of hydrogen-bond acceptors (Lipinski definition) is 2.